The van der Waals surface area contributed by atoms with E-state index in [4.69, 9.17) is 9.84 Å². The van der Waals surface area contributed by atoms with Gasteiger partial charge in [-0.15, -0.1) is 0 Å². The molecule has 1 atom stereocenters. The second kappa shape index (κ2) is 8.30. The molecule has 122 valence electrons. The number of amides is 1. The topological polar surface area (TPSA) is 122 Å². The SMILES string of the molecule is COCCCS(=O)(=O)NCC(=O)NC(CC1CC1)C(=O)O. The van der Waals surface area contributed by atoms with Crippen molar-refractivity contribution in [1.82, 2.24) is 10.0 Å². The predicted octanol–water partition coefficient (Wildman–Crippen LogP) is -0.688. The number of hydrogen-bond acceptors (Lipinski definition) is 5. The van der Waals surface area contributed by atoms with Crippen LogP contribution in [0.3, 0.4) is 0 Å². The van der Waals surface area contributed by atoms with Crippen molar-refractivity contribution in [1.29, 1.82) is 0 Å². The molecule has 1 unspecified atom stereocenters. The largest absolute Gasteiger partial charge is 0.480 e. The van der Waals surface area contributed by atoms with Gasteiger partial charge in [0.15, 0.2) is 0 Å². The van der Waals surface area contributed by atoms with Crippen LogP contribution in [0.15, 0.2) is 0 Å². The van der Waals surface area contributed by atoms with Crippen LogP contribution in [0.5, 0.6) is 0 Å². The quantitative estimate of drug-likeness (QED) is 0.433. The van der Waals surface area contributed by atoms with Crippen molar-refractivity contribution in [2.24, 2.45) is 5.92 Å². The lowest BCUT2D eigenvalue weighted by Crippen LogP contribution is -2.46. The molecule has 0 heterocycles. The van der Waals surface area contributed by atoms with E-state index >= 15 is 0 Å². The maximum Gasteiger partial charge on any atom is 0.326 e. The summed E-state index contributed by atoms with van der Waals surface area (Å²) in [5.41, 5.74) is 0. The molecule has 8 nitrogen and oxygen atoms in total. The van der Waals surface area contributed by atoms with Crippen LogP contribution in [0, 0.1) is 5.92 Å². The van der Waals surface area contributed by atoms with Crippen LogP contribution in [0.2, 0.25) is 0 Å². The zero-order chi connectivity index (χ0) is 15.9. The summed E-state index contributed by atoms with van der Waals surface area (Å²) >= 11 is 0. The fourth-order valence-electron chi connectivity index (χ4n) is 1.79. The first-order valence-electron chi connectivity index (χ1n) is 6.82. The summed E-state index contributed by atoms with van der Waals surface area (Å²) in [4.78, 5) is 22.6. The lowest BCUT2D eigenvalue weighted by Gasteiger charge is -2.14. The zero-order valence-electron chi connectivity index (χ0n) is 12.0. The molecule has 0 aliphatic heterocycles. The molecule has 1 saturated carbocycles. The smallest absolute Gasteiger partial charge is 0.326 e. The fraction of sp³-hybridized carbons (Fsp3) is 0.833. The van der Waals surface area contributed by atoms with Crippen molar-refractivity contribution in [3.8, 4) is 0 Å². The first-order chi connectivity index (χ1) is 9.84. The fourth-order valence-corrected chi connectivity index (χ4v) is 2.79. The first-order valence-corrected chi connectivity index (χ1v) is 8.47. The molecule has 0 saturated heterocycles. The van der Waals surface area contributed by atoms with E-state index < -0.39 is 34.5 Å². The van der Waals surface area contributed by atoms with Crippen molar-refractivity contribution < 1.29 is 27.9 Å². The number of carbonyl (C=O) groups excluding carboxylic acids is 1. The maximum absolute atomic E-state index is 11.6. The highest BCUT2D eigenvalue weighted by Gasteiger charge is 2.30. The number of aliphatic carboxylic acids is 1. The number of carboxylic acid groups (broad SMARTS) is 1. The molecule has 1 aliphatic rings. The highest BCUT2D eigenvalue weighted by Crippen LogP contribution is 2.33. The standard InChI is InChI=1S/C12H22N2O6S/c1-20-5-2-6-21(18,19)13-8-11(15)14-10(12(16)17)7-9-3-4-9/h9-10,13H,2-8H2,1H3,(H,14,15)(H,16,17). The van der Waals surface area contributed by atoms with Crippen LogP contribution in [-0.2, 0) is 24.3 Å². The third-order valence-electron chi connectivity index (χ3n) is 3.11. The van der Waals surface area contributed by atoms with Gasteiger partial charge < -0.3 is 15.2 Å². The highest BCUT2D eigenvalue weighted by molar-refractivity contribution is 7.89. The van der Waals surface area contributed by atoms with Gasteiger partial charge >= 0.3 is 5.97 Å². The molecule has 0 radical (unpaired) electrons. The molecule has 0 bridgehead atoms. The van der Waals surface area contributed by atoms with Gasteiger partial charge in [-0.3, -0.25) is 4.79 Å². The van der Waals surface area contributed by atoms with Gasteiger partial charge in [-0.1, -0.05) is 12.8 Å². The number of hydrogen-bond donors (Lipinski definition) is 3. The average molecular weight is 322 g/mol. The second-order valence-electron chi connectivity index (χ2n) is 5.12. The van der Waals surface area contributed by atoms with Crippen LogP contribution in [0.1, 0.15) is 25.7 Å². The maximum atomic E-state index is 11.6. The third kappa shape index (κ3) is 7.98. The number of carbonyl (C=O) groups is 2. The van der Waals surface area contributed by atoms with E-state index in [0.29, 0.717) is 25.4 Å². The Hall–Kier alpha value is -1.19. The molecule has 0 spiro atoms. The Morgan fingerprint density at radius 1 is 1.38 bits per heavy atom. The Morgan fingerprint density at radius 2 is 2.05 bits per heavy atom. The Balaban J connectivity index is 2.32. The van der Waals surface area contributed by atoms with Gasteiger partial charge in [0.1, 0.15) is 6.04 Å². The molecular weight excluding hydrogens is 300 g/mol. The molecule has 1 amide bonds. The Kier molecular flexibility index (Phi) is 7.06. The van der Waals surface area contributed by atoms with E-state index in [9.17, 15) is 18.0 Å². The van der Waals surface area contributed by atoms with E-state index in [-0.39, 0.29) is 5.75 Å². The number of methoxy groups -OCH3 is 1. The average Bonchev–Trinajstić information content (AvgIpc) is 3.20. The van der Waals surface area contributed by atoms with Crippen molar-refractivity contribution in [2.45, 2.75) is 31.7 Å². The summed E-state index contributed by atoms with van der Waals surface area (Å²) in [7, 11) is -2.08. The van der Waals surface area contributed by atoms with E-state index in [2.05, 4.69) is 10.0 Å². The minimum absolute atomic E-state index is 0.140. The van der Waals surface area contributed by atoms with E-state index in [0.717, 1.165) is 12.8 Å². The molecule has 0 aromatic carbocycles. The van der Waals surface area contributed by atoms with Crippen LogP contribution < -0.4 is 10.0 Å². The Morgan fingerprint density at radius 3 is 2.57 bits per heavy atom. The van der Waals surface area contributed by atoms with Crippen LogP contribution >= 0.6 is 0 Å². The number of nitrogens with one attached hydrogen (secondary N) is 2. The minimum Gasteiger partial charge on any atom is -0.480 e. The van der Waals surface area contributed by atoms with Crippen molar-refractivity contribution in [3.63, 3.8) is 0 Å². The summed E-state index contributed by atoms with van der Waals surface area (Å²) in [5, 5.41) is 11.3. The molecule has 1 aliphatic carbocycles. The monoisotopic (exact) mass is 322 g/mol. The van der Waals surface area contributed by atoms with Gasteiger partial charge in [0.05, 0.1) is 12.3 Å². The lowest BCUT2D eigenvalue weighted by atomic mass is 10.1. The molecule has 3 N–H and O–H groups in total. The zero-order valence-corrected chi connectivity index (χ0v) is 12.8. The normalized spacial score (nSPS) is 16.4. The second-order valence-corrected chi connectivity index (χ2v) is 7.05. The van der Waals surface area contributed by atoms with E-state index in [1.807, 2.05) is 0 Å². The number of carboxylic acids is 1. The van der Waals surface area contributed by atoms with Gasteiger partial charge in [-0.2, -0.15) is 0 Å². The van der Waals surface area contributed by atoms with Gasteiger partial charge in [0.2, 0.25) is 15.9 Å². The van der Waals surface area contributed by atoms with Crippen molar-refractivity contribution in [3.05, 3.63) is 0 Å². The third-order valence-corrected chi connectivity index (χ3v) is 4.52. The molecule has 1 rings (SSSR count). The Bertz CT molecular complexity index is 460. The van der Waals surface area contributed by atoms with Crippen molar-refractivity contribution >= 4 is 21.9 Å². The molecule has 0 aromatic heterocycles. The van der Waals surface area contributed by atoms with Gasteiger partial charge in [-0.25, -0.2) is 17.9 Å². The van der Waals surface area contributed by atoms with E-state index in [1.54, 1.807) is 0 Å². The number of ether oxygens (including phenoxy) is 1. The molecule has 1 fully saturated rings. The highest BCUT2D eigenvalue weighted by atomic mass is 32.2. The Labute approximate surface area is 124 Å². The van der Waals surface area contributed by atoms with Gasteiger partial charge in [0.25, 0.3) is 0 Å². The number of rotatable bonds is 11. The molecular formula is C12H22N2O6S. The summed E-state index contributed by atoms with van der Waals surface area (Å²) < 4.78 is 30.0. The summed E-state index contributed by atoms with van der Waals surface area (Å²) in [6.07, 6.45) is 2.67. The van der Waals surface area contributed by atoms with Gasteiger partial charge in [0, 0.05) is 13.7 Å². The summed E-state index contributed by atoms with van der Waals surface area (Å²) in [6, 6.07) is -0.956. The van der Waals surface area contributed by atoms with Gasteiger partial charge in [-0.05, 0) is 18.8 Å². The summed E-state index contributed by atoms with van der Waals surface area (Å²) in [5.74, 6) is -1.54. The van der Waals surface area contributed by atoms with E-state index in [1.165, 1.54) is 7.11 Å². The lowest BCUT2D eigenvalue weighted by molar-refractivity contribution is -0.142. The van der Waals surface area contributed by atoms with Crippen LogP contribution in [-0.4, -0.2) is 57.5 Å². The minimum atomic E-state index is -3.55. The van der Waals surface area contributed by atoms with Crippen LogP contribution in [0.4, 0.5) is 0 Å². The molecule has 0 aromatic rings. The van der Waals surface area contributed by atoms with Crippen LogP contribution in [0.25, 0.3) is 0 Å². The number of sulfonamides is 1. The molecule has 9 heteroatoms. The summed E-state index contributed by atoms with van der Waals surface area (Å²) in [6.45, 7) is -0.140. The van der Waals surface area contributed by atoms with Crippen molar-refractivity contribution in [2.75, 3.05) is 26.0 Å². The predicted molar refractivity (Wildman–Crippen MR) is 75.2 cm³/mol. The first kappa shape index (κ1) is 17.9. The molecule has 21 heavy (non-hydrogen) atoms.